The van der Waals surface area contributed by atoms with Crippen LogP contribution < -0.4 is 0 Å². The van der Waals surface area contributed by atoms with Gasteiger partial charge in [0.2, 0.25) is 0 Å². The predicted molar refractivity (Wildman–Crippen MR) is 21.2 cm³/mol. The fraction of sp³-hybridized carbons (Fsp3) is 0.250. The molecule has 0 amide bonds. The first-order valence-electron chi connectivity index (χ1n) is 1.34. The van der Waals surface area contributed by atoms with Crippen molar-refractivity contribution >= 4 is 0 Å². The molecule has 0 aliphatic rings. The van der Waals surface area contributed by atoms with Crippen molar-refractivity contribution in [1.29, 1.82) is 0 Å². The fourth-order valence-corrected chi connectivity index (χ4v) is 0. The van der Waals surface area contributed by atoms with Crippen LogP contribution in [0.25, 0.3) is 0 Å². The quantitative estimate of drug-likeness (QED) is 0.275. The van der Waals surface area contributed by atoms with Crippen LogP contribution in [0.5, 0.6) is 0 Å². The van der Waals surface area contributed by atoms with E-state index in [2.05, 4.69) is 13.2 Å². The van der Waals surface area contributed by atoms with E-state index in [-0.39, 0.29) is 6.61 Å². The van der Waals surface area contributed by atoms with Gasteiger partial charge in [-0.1, -0.05) is 6.08 Å². The molecule has 0 unspecified atom stereocenters. The second-order valence-corrected chi connectivity index (χ2v) is 0.471. The van der Waals surface area contributed by atoms with Crippen LogP contribution in [0.2, 0.25) is 0 Å². The fourth-order valence-electron chi connectivity index (χ4n) is 0. The SMILES string of the molecule is C=CCO.[C-]#[O+]. The number of hydrogen-bond acceptors (Lipinski definition) is 1. The van der Waals surface area contributed by atoms with E-state index in [1.807, 2.05) is 0 Å². The van der Waals surface area contributed by atoms with Gasteiger partial charge in [0, 0.05) is 0 Å². The molecule has 0 rings (SSSR count). The molecule has 0 spiro atoms. The van der Waals surface area contributed by atoms with Crippen molar-refractivity contribution in [2.45, 2.75) is 0 Å². The van der Waals surface area contributed by atoms with Gasteiger partial charge in [0.05, 0.1) is 6.61 Å². The van der Waals surface area contributed by atoms with E-state index >= 15 is 0 Å². The normalized spacial score (nSPS) is 4.50. The zero-order chi connectivity index (χ0) is 5.41. The number of aliphatic hydroxyl groups excluding tert-OH is 1. The number of aliphatic hydroxyl groups is 1. The van der Waals surface area contributed by atoms with Crippen LogP contribution in [0.1, 0.15) is 0 Å². The van der Waals surface area contributed by atoms with Crippen LogP contribution in [0.4, 0.5) is 0 Å². The molecule has 2 heteroatoms. The minimum atomic E-state index is 0.0833. The summed E-state index contributed by atoms with van der Waals surface area (Å²) in [6, 6.07) is 0. The van der Waals surface area contributed by atoms with E-state index in [1.165, 1.54) is 6.08 Å². The molecular weight excluding hydrogens is 80.0 g/mol. The molecule has 0 fully saturated rings. The maximum atomic E-state index is 7.76. The molecule has 0 saturated carbocycles. The van der Waals surface area contributed by atoms with E-state index in [9.17, 15) is 0 Å². The molecule has 0 radical (unpaired) electrons. The molecule has 0 atom stereocenters. The van der Waals surface area contributed by atoms with Crippen molar-refractivity contribution in [2.75, 3.05) is 6.61 Å². The Labute approximate surface area is 36.8 Å². The van der Waals surface area contributed by atoms with Crippen LogP contribution in [-0.4, -0.2) is 11.7 Å². The van der Waals surface area contributed by atoms with E-state index in [0.29, 0.717) is 0 Å². The van der Waals surface area contributed by atoms with E-state index < -0.39 is 0 Å². The van der Waals surface area contributed by atoms with Gasteiger partial charge in [-0.05, 0) is 0 Å². The molecule has 0 aromatic rings. The van der Waals surface area contributed by atoms with Gasteiger partial charge < -0.3 is 5.11 Å². The Morgan fingerprint density at radius 2 is 2.00 bits per heavy atom. The van der Waals surface area contributed by atoms with Gasteiger partial charge in [-0.2, -0.15) is 0 Å². The number of rotatable bonds is 1. The van der Waals surface area contributed by atoms with Gasteiger partial charge in [0.1, 0.15) is 0 Å². The standard InChI is InChI=1S/C3H6O.CO/c1-2-3-4;1-2/h2,4H,1,3H2;. The van der Waals surface area contributed by atoms with Crippen LogP contribution in [0, 0.1) is 6.65 Å². The molecule has 0 aromatic carbocycles. The summed E-state index contributed by atoms with van der Waals surface area (Å²) < 4.78 is 7.50. The van der Waals surface area contributed by atoms with Crippen LogP contribution in [0.3, 0.4) is 0 Å². The monoisotopic (exact) mass is 86.0 g/mol. The summed E-state index contributed by atoms with van der Waals surface area (Å²) in [4.78, 5) is 0. The van der Waals surface area contributed by atoms with Gasteiger partial charge >= 0.3 is 11.3 Å². The van der Waals surface area contributed by atoms with Crippen LogP contribution in [0.15, 0.2) is 12.7 Å². The summed E-state index contributed by atoms with van der Waals surface area (Å²) in [5, 5.41) is 7.76. The molecule has 0 saturated heterocycles. The third kappa shape index (κ3) is 106. The van der Waals surface area contributed by atoms with Crippen molar-refractivity contribution in [1.82, 2.24) is 0 Å². The van der Waals surface area contributed by atoms with Gasteiger partial charge in [-0.15, -0.1) is 6.58 Å². The molecule has 0 aliphatic carbocycles. The molecule has 0 aliphatic heterocycles. The van der Waals surface area contributed by atoms with Gasteiger partial charge in [0.25, 0.3) is 0 Å². The first-order valence-corrected chi connectivity index (χ1v) is 1.34. The summed E-state index contributed by atoms with van der Waals surface area (Å²) in [6.45, 7) is 7.81. The zero-order valence-corrected chi connectivity index (χ0v) is 3.35. The second-order valence-electron chi connectivity index (χ2n) is 0.471. The zero-order valence-electron chi connectivity index (χ0n) is 3.35. The average molecular weight is 86.1 g/mol. The molecule has 6 heavy (non-hydrogen) atoms. The summed E-state index contributed by atoms with van der Waals surface area (Å²) in [5.41, 5.74) is 0. The minimum absolute atomic E-state index is 0.0833. The molecular formula is C4H6O2. The Hall–Kier alpha value is -0.560. The third-order valence-electron chi connectivity index (χ3n) is 0.129. The maximum absolute atomic E-state index is 7.76. The average Bonchev–Trinajstić information content (AvgIpc) is 1.72. The van der Waals surface area contributed by atoms with E-state index in [4.69, 9.17) is 9.76 Å². The van der Waals surface area contributed by atoms with Crippen molar-refractivity contribution in [2.24, 2.45) is 0 Å². The van der Waals surface area contributed by atoms with Crippen molar-refractivity contribution in [3.05, 3.63) is 19.3 Å². The van der Waals surface area contributed by atoms with E-state index in [1.54, 1.807) is 0 Å². The molecule has 2 nitrogen and oxygen atoms in total. The molecule has 1 N–H and O–H groups in total. The van der Waals surface area contributed by atoms with Gasteiger partial charge in [-0.25, -0.2) is 0 Å². The molecule has 34 valence electrons. The van der Waals surface area contributed by atoms with Crippen molar-refractivity contribution in [3.63, 3.8) is 0 Å². The van der Waals surface area contributed by atoms with Crippen LogP contribution in [-0.2, 0) is 4.65 Å². The Morgan fingerprint density at radius 3 is 2.00 bits per heavy atom. The second kappa shape index (κ2) is 25.3. The first-order chi connectivity index (χ1) is 2.91. The molecule has 0 aromatic heterocycles. The topological polar surface area (TPSA) is 40.1 Å². The Morgan fingerprint density at radius 1 is 1.83 bits per heavy atom. The molecule has 0 heterocycles. The Kier molecular flexibility index (Phi) is 38.3. The Bertz CT molecular complexity index is 38.1. The summed E-state index contributed by atoms with van der Waals surface area (Å²) in [7, 11) is 0. The predicted octanol–water partition coefficient (Wildman–Crippen LogP) is 0.127. The summed E-state index contributed by atoms with van der Waals surface area (Å²) in [6.07, 6.45) is 1.43. The van der Waals surface area contributed by atoms with E-state index in [0.717, 1.165) is 0 Å². The van der Waals surface area contributed by atoms with Crippen LogP contribution >= 0.6 is 0 Å². The van der Waals surface area contributed by atoms with Gasteiger partial charge in [0.15, 0.2) is 0 Å². The first kappa shape index (κ1) is 9.06. The molecule has 0 bridgehead atoms. The van der Waals surface area contributed by atoms with Crippen molar-refractivity contribution < 1.29 is 9.76 Å². The number of hydrogen-bond donors (Lipinski definition) is 1. The Balaban J connectivity index is 0. The third-order valence-corrected chi connectivity index (χ3v) is 0.129. The van der Waals surface area contributed by atoms with Gasteiger partial charge in [-0.3, -0.25) is 0 Å². The summed E-state index contributed by atoms with van der Waals surface area (Å²) >= 11 is 0. The van der Waals surface area contributed by atoms with Crippen molar-refractivity contribution in [3.8, 4) is 0 Å². The summed E-state index contributed by atoms with van der Waals surface area (Å²) in [5.74, 6) is 0.